The van der Waals surface area contributed by atoms with Gasteiger partial charge in [0.25, 0.3) is 5.56 Å². The molecule has 30 heavy (non-hydrogen) atoms. The normalized spacial score (nSPS) is 12.5. The highest BCUT2D eigenvalue weighted by Crippen LogP contribution is 2.18. The molecule has 0 bridgehead atoms. The summed E-state index contributed by atoms with van der Waals surface area (Å²) in [6, 6.07) is 4.69. The van der Waals surface area contributed by atoms with Crippen LogP contribution in [0.4, 0.5) is 4.39 Å². The van der Waals surface area contributed by atoms with Gasteiger partial charge in [-0.15, -0.1) is 0 Å². The van der Waals surface area contributed by atoms with E-state index in [1.807, 2.05) is 13.8 Å². The van der Waals surface area contributed by atoms with Gasteiger partial charge in [0.15, 0.2) is 11.2 Å². The van der Waals surface area contributed by atoms with Crippen molar-refractivity contribution in [2.75, 3.05) is 6.61 Å². The van der Waals surface area contributed by atoms with Crippen LogP contribution in [0.15, 0.2) is 40.2 Å². The third-order valence-electron chi connectivity index (χ3n) is 4.90. The van der Waals surface area contributed by atoms with Crippen LogP contribution in [0.2, 0.25) is 0 Å². The van der Waals surface area contributed by atoms with E-state index < -0.39 is 29.1 Å². The molecule has 1 atom stereocenters. The van der Waals surface area contributed by atoms with Gasteiger partial charge in [-0.25, -0.2) is 23.5 Å². The van der Waals surface area contributed by atoms with Crippen molar-refractivity contribution >= 4 is 17.1 Å². The second-order valence-electron chi connectivity index (χ2n) is 7.49. The SMILES string of the molecule is CCOC(=O)[C@H](C)n1cnc2c1c(=O)n(CCC(C)C)c(=O)n2-c1cccc(F)c1. The number of aromatic nitrogens is 4. The molecule has 1 aromatic carbocycles. The quantitative estimate of drug-likeness (QED) is 0.553. The van der Waals surface area contributed by atoms with Crippen LogP contribution in [-0.4, -0.2) is 31.3 Å². The van der Waals surface area contributed by atoms with Crippen LogP contribution in [0, 0.1) is 11.7 Å². The van der Waals surface area contributed by atoms with E-state index in [9.17, 15) is 18.8 Å². The molecule has 160 valence electrons. The molecule has 0 saturated carbocycles. The zero-order valence-corrected chi connectivity index (χ0v) is 17.5. The van der Waals surface area contributed by atoms with Crippen molar-refractivity contribution in [3.8, 4) is 5.69 Å². The summed E-state index contributed by atoms with van der Waals surface area (Å²) in [4.78, 5) is 42.9. The highest BCUT2D eigenvalue weighted by molar-refractivity contribution is 5.79. The summed E-state index contributed by atoms with van der Waals surface area (Å²) in [5.41, 5.74) is -0.752. The third kappa shape index (κ3) is 3.92. The largest absolute Gasteiger partial charge is 0.464 e. The number of carbonyl (C=O) groups is 1. The van der Waals surface area contributed by atoms with E-state index in [2.05, 4.69) is 4.98 Å². The van der Waals surface area contributed by atoms with Crippen LogP contribution in [0.1, 0.15) is 40.2 Å². The van der Waals surface area contributed by atoms with E-state index in [0.717, 1.165) is 4.57 Å². The van der Waals surface area contributed by atoms with Crippen molar-refractivity contribution in [2.45, 2.75) is 46.7 Å². The molecule has 0 saturated heterocycles. The summed E-state index contributed by atoms with van der Waals surface area (Å²) < 4.78 is 22.7. The zero-order valence-electron chi connectivity index (χ0n) is 17.5. The highest BCUT2D eigenvalue weighted by Gasteiger charge is 2.24. The molecular formula is C21H25FN4O4. The summed E-state index contributed by atoms with van der Waals surface area (Å²) >= 11 is 0. The number of esters is 1. The Morgan fingerprint density at radius 3 is 2.60 bits per heavy atom. The van der Waals surface area contributed by atoms with Crippen molar-refractivity contribution in [3.63, 3.8) is 0 Å². The zero-order chi connectivity index (χ0) is 22.0. The first kappa shape index (κ1) is 21.5. The van der Waals surface area contributed by atoms with Gasteiger partial charge in [-0.05, 0) is 44.4 Å². The van der Waals surface area contributed by atoms with E-state index in [0.29, 0.717) is 6.42 Å². The fourth-order valence-corrected chi connectivity index (χ4v) is 3.25. The number of rotatable bonds is 7. The Morgan fingerprint density at radius 1 is 1.23 bits per heavy atom. The lowest BCUT2D eigenvalue weighted by Gasteiger charge is -2.16. The standard InChI is InChI=1S/C21H25FN4O4/c1-5-30-20(28)14(4)25-12-23-18-17(25)19(27)24(10-9-13(2)3)21(29)26(18)16-8-6-7-15(22)11-16/h6-8,11-14H,5,9-10H2,1-4H3/t14-/m0/s1. The van der Waals surface area contributed by atoms with Gasteiger partial charge in [-0.1, -0.05) is 19.9 Å². The second-order valence-corrected chi connectivity index (χ2v) is 7.49. The molecule has 8 nitrogen and oxygen atoms in total. The Labute approximate surface area is 172 Å². The molecule has 0 radical (unpaired) electrons. The molecule has 0 unspecified atom stereocenters. The van der Waals surface area contributed by atoms with Crippen LogP contribution in [0.5, 0.6) is 0 Å². The molecule has 0 aliphatic carbocycles. The van der Waals surface area contributed by atoms with Gasteiger partial charge in [-0.3, -0.25) is 9.36 Å². The minimum absolute atomic E-state index is 0.0625. The summed E-state index contributed by atoms with van der Waals surface area (Å²) in [6.45, 7) is 7.65. The number of ether oxygens (including phenoxy) is 1. The molecule has 0 N–H and O–H groups in total. The molecule has 2 heterocycles. The maximum Gasteiger partial charge on any atom is 0.337 e. The second kappa shape index (κ2) is 8.64. The topological polar surface area (TPSA) is 88.1 Å². The van der Waals surface area contributed by atoms with Crippen molar-refractivity contribution < 1.29 is 13.9 Å². The molecule has 3 aromatic rings. The van der Waals surface area contributed by atoms with Gasteiger partial charge in [0.2, 0.25) is 0 Å². The van der Waals surface area contributed by atoms with Gasteiger partial charge in [0.1, 0.15) is 11.9 Å². The molecule has 3 rings (SSSR count). The van der Waals surface area contributed by atoms with Crippen molar-refractivity contribution in [1.29, 1.82) is 0 Å². The molecule has 9 heteroatoms. The fourth-order valence-electron chi connectivity index (χ4n) is 3.25. The monoisotopic (exact) mass is 416 g/mol. The van der Waals surface area contributed by atoms with Gasteiger partial charge in [-0.2, -0.15) is 0 Å². The molecule has 0 spiro atoms. The van der Waals surface area contributed by atoms with Crippen molar-refractivity contribution in [2.24, 2.45) is 5.92 Å². The van der Waals surface area contributed by atoms with Gasteiger partial charge >= 0.3 is 11.7 Å². The lowest BCUT2D eigenvalue weighted by molar-refractivity contribution is -0.146. The molecule has 0 aliphatic rings. The Hall–Kier alpha value is -3.23. The predicted molar refractivity (Wildman–Crippen MR) is 110 cm³/mol. The van der Waals surface area contributed by atoms with Crippen LogP contribution < -0.4 is 11.2 Å². The number of hydrogen-bond donors (Lipinski definition) is 0. The van der Waals surface area contributed by atoms with Crippen LogP contribution >= 0.6 is 0 Å². The summed E-state index contributed by atoms with van der Waals surface area (Å²) in [6.07, 6.45) is 1.93. The van der Waals surface area contributed by atoms with E-state index >= 15 is 0 Å². The highest BCUT2D eigenvalue weighted by atomic mass is 19.1. The molecule has 2 aromatic heterocycles. The first-order chi connectivity index (χ1) is 14.3. The van der Waals surface area contributed by atoms with E-state index in [-0.39, 0.29) is 35.9 Å². The number of imidazole rings is 1. The van der Waals surface area contributed by atoms with Gasteiger partial charge in [0.05, 0.1) is 18.6 Å². The minimum atomic E-state index is -0.820. The number of halogens is 1. The van der Waals surface area contributed by atoms with Crippen LogP contribution in [-0.2, 0) is 16.1 Å². The Morgan fingerprint density at radius 2 is 1.97 bits per heavy atom. The van der Waals surface area contributed by atoms with E-state index in [1.165, 1.54) is 33.7 Å². The first-order valence-electron chi connectivity index (χ1n) is 9.91. The third-order valence-corrected chi connectivity index (χ3v) is 4.90. The Bertz CT molecular complexity index is 1190. The van der Waals surface area contributed by atoms with E-state index in [4.69, 9.17) is 4.74 Å². The average Bonchev–Trinajstić information content (AvgIpc) is 3.12. The first-order valence-corrected chi connectivity index (χ1v) is 9.91. The molecule has 0 aliphatic heterocycles. The van der Waals surface area contributed by atoms with E-state index in [1.54, 1.807) is 19.9 Å². The molecular weight excluding hydrogens is 391 g/mol. The van der Waals surface area contributed by atoms with Crippen LogP contribution in [0.25, 0.3) is 16.9 Å². The number of nitrogens with zero attached hydrogens (tertiary/aromatic N) is 4. The molecule has 0 amide bonds. The average molecular weight is 416 g/mol. The summed E-state index contributed by atoms with van der Waals surface area (Å²) in [7, 11) is 0. The predicted octanol–water partition coefficient (Wildman–Crippen LogP) is 2.66. The van der Waals surface area contributed by atoms with Crippen molar-refractivity contribution in [3.05, 3.63) is 57.2 Å². The maximum atomic E-state index is 13.9. The number of fused-ring (bicyclic) bond motifs is 1. The minimum Gasteiger partial charge on any atom is -0.464 e. The fraction of sp³-hybridized carbons (Fsp3) is 0.429. The Kier molecular flexibility index (Phi) is 6.19. The Balaban J connectivity index is 2.33. The molecule has 0 fully saturated rings. The number of benzene rings is 1. The van der Waals surface area contributed by atoms with Crippen molar-refractivity contribution in [1.82, 2.24) is 18.7 Å². The van der Waals surface area contributed by atoms with Gasteiger partial charge in [0, 0.05) is 6.54 Å². The lowest BCUT2D eigenvalue weighted by Crippen LogP contribution is -2.40. The van der Waals surface area contributed by atoms with Crippen LogP contribution in [0.3, 0.4) is 0 Å². The summed E-state index contributed by atoms with van der Waals surface area (Å²) in [5, 5.41) is 0. The number of carbonyl (C=O) groups excluding carboxylic acids is 1. The maximum absolute atomic E-state index is 13.9. The lowest BCUT2D eigenvalue weighted by atomic mass is 10.1. The smallest absolute Gasteiger partial charge is 0.337 e. The number of hydrogen-bond acceptors (Lipinski definition) is 5. The summed E-state index contributed by atoms with van der Waals surface area (Å²) in [5.74, 6) is -0.779. The van der Waals surface area contributed by atoms with Gasteiger partial charge < -0.3 is 9.30 Å².